The molecule has 2 fully saturated rings. The summed E-state index contributed by atoms with van der Waals surface area (Å²) in [6.45, 7) is 5.48. The molecule has 0 radical (unpaired) electrons. The van der Waals surface area contributed by atoms with Gasteiger partial charge in [-0.1, -0.05) is 5.16 Å². The Hall–Kier alpha value is -3.60. The summed E-state index contributed by atoms with van der Waals surface area (Å²) >= 11 is 0. The summed E-state index contributed by atoms with van der Waals surface area (Å²) in [7, 11) is 3.10. The Bertz CT molecular complexity index is 1060. The lowest BCUT2D eigenvalue weighted by molar-refractivity contribution is -0.138. The number of nitrogens with one attached hydrogen (secondary N) is 1. The summed E-state index contributed by atoms with van der Waals surface area (Å²) in [6.07, 6.45) is 1.26. The summed E-state index contributed by atoms with van der Waals surface area (Å²) in [4.78, 5) is 44.1. The number of hydrogen-bond acceptors (Lipinski definition) is 8. The Balaban J connectivity index is 1.22. The number of nitrogens with zero attached hydrogens (tertiary/aromatic N) is 4. The molecule has 2 aliphatic rings. The van der Waals surface area contributed by atoms with Gasteiger partial charge in [-0.15, -0.1) is 0 Å². The third kappa shape index (κ3) is 6.14. The van der Waals surface area contributed by atoms with Gasteiger partial charge in [0.1, 0.15) is 17.3 Å². The molecule has 2 saturated heterocycles. The van der Waals surface area contributed by atoms with Crippen molar-refractivity contribution in [3.05, 3.63) is 35.6 Å². The van der Waals surface area contributed by atoms with Crippen molar-refractivity contribution in [2.45, 2.75) is 19.8 Å². The largest absolute Gasteiger partial charge is 0.497 e. The highest BCUT2D eigenvalue weighted by Gasteiger charge is 2.32. The van der Waals surface area contributed by atoms with Crippen molar-refractivity contribution in [2.75, 3.05) is 65.3 Å². The first-order valence-electron chi connectivity index (χ1n) is 12.1. The molecule has 0 bridgehead atoms. The number of amides is 3. The van der Waals surface area contributed by atoms with Crippen molar-refractivity contribution in [1.29, 1.82) is 0 Å². The van der Waals surface area contributed by atoms with Crippen molar-refractivity contribution < 1.29 is 28.4 Å². The highest BCUT2D eigenvalue weighted by molar-refractivity contribution is 5.95. The number of ether oxygens (including phenoxy) is 2. The molecule has 0 aliphatic carbocycles. The molecule has 11 nitrogen and oxygen atoms in total. The van der Waals surface area contributed by atoms with Crippen molar-refractivity contribution in [2.24, 2.45) is 5.92 Å². The summed E-state index contributed by atoms with van der Waals surface area (Å²) in [5.41, 5.74) is 0.509. The number of piperidine rings is 1. The van der Waals surface area contributed by atoms with Crippen LogP contribution in [-0.2, 0) is 9.59 Å². The highest BCUT2D eigenvalue weighted by atomic mass is 16.5. The van der Waals surface area contributed by atoms with Crippen molar-refractivity contribution >= 4 is 23.5 Å². The maximum atomic E-state index is 13.1. The number of aryl methyl sites for hydroxylation is 1. The summed E-state index contributed by atoms with van der Waals surface area (Å²) in [5, 5.41) is 6.49. The number of piperazine rings is 1. The van der Waals surface area contributed by atoms with E-state index in [9.17, 15) is 14.4 Å². The minimum absolute atomic E-state index is 0.0919. The van der Waals surface area contributed by atoms with Gasteiger partial charge in [-0.25, -0.2) is 0 Å². The Morgan fingerprint density at radius 2 is 1.58 bits per heavy atom. The average molecular weight is 500 g/mol. The molecule has 2 aliphatic heterocycles. The number of carbonyl (C=O) groups is 3. The van der Waals surface area contributed by atoms with Gasteiger partial charge in [-0.3, -0.25) is 19.3 Å². The fraction of sp³-hybridized carbons (Fsp3) is 0.520. The lowest BCUT2D eigenvalue weighted by Gasteiger charge is -2.38. The van der Waals surface area contributed by atoms with Gasteiger partial charge in [0.25, 0.3) is 5.91 Å². The molecule has 0 atom stereocenters. The Morgan fingerprint density at radius 1 is 0.944 bits per heavy atom. The summed E-state index contributed by atoms with van der Waals surface area (Å²) < 4.78 is 15.5. The lowest BCUT2D eigenvalue weighted by Crippen LogP contribution is -2.53. The maximum Gasteiger partial charge on any atom is 0.254 e. The van der Waals surface area contributed by atoms with Crippen molar-refractivity contribution in [3.8, 4) is 11.5 Å². The molecule has 1 N–H and O–H groups in total. The first-order valence-corrected chi connectivity index (χ1v) is 12.1. The first kappa shape index (κ1) is 25.5. The minimum atomic E-state index is -0.159. The van der Waals surface area contributed by atoms with Gasteiger partial charge in [0.2, 0.25) is 11.8 Å². The Morgan fingerprint density at radius 3 is 2.14 bits per heavy atom. The van der Waals surface area contributed by atoms with Crippen molar-refractivity contribution in [1.82, 2.24) is 19.9 Å². The van der Waals surface area contributed by atoms with E-state index in [1.54, 1.807) is 50.3 Å². The highest BCUT2D eigenvalue weighted by Crippen LogP contribution is 2.26. The average Bonchev–Trinajstić information content (AvgIpc) is 3.31. The van der Waals surface area contributed by atoms with E-state index in [2.05, 4.69) is 10.5 Å². The van der Waals surface area contributed by atoms with E-state index in [-0.39, 0.29) is 30.2 Å². The number of carbonyl (C=O) groups excluding carboxylic acids is 3. The number of hydrogen-bond donors (Lipinski definition) is 1. The standard InChI is InChI=1S/C25H33N5O6/c1-17-12-22(27-36-17)26-23(31)16-28-8-10-30(11-9-28)24(32)18-4-6-29(7-5-18)25(33)19-13-20(34-2)15-21(14-19)35-3/h12-15,18H,4-11,16H2,1-3H3,(H,26,27,31). The molecule has 0 spiro atoms. The monoisotopic (exact) mass is 499 g/mol. The zero-order valence-corrected chi connectivity index (χ0v) is 21.0. The Labute approximate surface area is 210 Å². The van der Waals surface area contributed by atoms with Crippen LogP contribution in [0.2, 0.25) is 0 Å². The normalized spacial score (nSPS) is 17.1. The maximum absolute atomic E-state index is 13.1. The van der Waals surface area contributed by atoms with Gasteiger partial charge in [0.05, 0.1) is 20.8 Å². The molecule has 3 heterocycles. The van der Waals surface area contributed by atoms with Crippen LogP contribution in [0.3, 0.4) is 0 Å². The van der Waals surface area contributed by atoms with E-state index >= 15 is 0 Å². The molecule has 11 heteroatoms. The number of rotatable bonds is 7. The smallest absolute Gasteiger partial charge is 0.254 e. The van der Waals surface area contributed by atoms with Gasteiger partial charge < -0.3 is 29.1 Å². The number of aromatic nitrogens is 1. The zero-order chi connectivity index (χ0) is 25.7. The number of likely N-dealkylation sites (tertiary alicyclic amines) is 1. The van der Waals surface area contributed by atoms with Crippen molar-refractivity contribution in [3.63, 3.8) is 0 Å². The van der Waals surface area contributed by atoms with Crippen LogP contribution >= 0.6 is 0 Å². The van der Waals surface area contributed by atoms with Crippen LogP contribution in [0.5, 0.6) is 11.5 Å². The van der Waals surface area contributed by atoms with E-state index in [1.165, 1.54) is 0 Å². The number of methoxy groups -OCH3 is 2. The molecule has 1 aromatic carbocycles. The van der Waals surface area contributed by atoms with Gasteiger partial charge in [0.15, 0.2) is 5.82 Å². The molecule has 0 saturated carbocycles. The SMILES string of the molecule is COc1cc(OC)cc(C(=O)N2CCC(C(=O)N3CCN(CC(=O)Nc4cc(C)on4)CC3)CC2)c1. The van der Waals surface area contributed by atoms with E-state index in [0.717, 1.165) is 0 Å². The van der Waals surface area contributed by atoms with E-state index in [0.29, 0.717) is 80.8 Å². The lowest BCUT2D eigenvalue weighted by atomic mass is 9.94. The summed E-state index contributed by atoms with van der Waals surface area (Å²) in [6, 6.07) is 6.80. The topological polar surface area (TPSA) is 117 Å². The first-order chi connectivity index (χ1) is 17.4. The van der Waals surface area contributed by atoms with E-state index in [4.69, 9.17) is 14.0 Å². The van der Waals surface area contributed by atoms with Crippen LogP contribution in [0.15, 0.2) is 28.8 Å². The molecule has 4 rings (SSSR count). The molecule has 1 aromatic heterocycles. The molecular weight excluding hydrogens is 466 g/mol. The van der Waals surface area contributed by atoms with E-state index < -0.39 is 0 Å². The minimum Gasteiger partial charge on any atom is -0.497 e. The molecular formula is C25H33N5O6. The molecule has 2 aromatic rings. The Kier molecular flexibility index (Phi) is 8.09. The van der Waals surface area contributed by atoms with E-state index in [1.807, 2.05) is 9.80 Å². The molecule has 3 amide bonds. The second-order valence-corrected chi connectivity index (χ2v) is 9.14. The predicted octanol–water partition coefficient (Wildman–Crippen LogP) is 1.64. The number of benzene rings is 1. The fourth-order valence-electron chi connectivity index (χ4n) is 4.64. The third-order valence-electron chi connectivity index (χ3n) is 6.68. The summed E-state index contributed by atoms with van der Waals surface area (Å²) in [5.74, 6) is 1.95. The fourth-order valence-corrected chi connectivity index (χ4v) is 4.64. The van der Waals surface area contributed by atoms with Gasteiger partial charge in [0, 0.05) is 62.9 Å². The van der Waals surface area contributed by atoms with Gasteiger partial charge >= 0.3 is 0 Å². The van der Waals surface area contributed by atoms with Crippen LogP contribution < -0.4 is 14.8 Å². The van der Waals surface area contributed by atoms with Gasteiger partial charge in [-0.2, -0.15) is 0 Å². The molecule has 0 unspecified atom stereocenters. The quantitative estimate of drug-likeness (QED) is 0.611. The second-order valence-electron chi connectivity index (χ2n) is 9.14. The predicted molar refractivity (Wildman–Crippen MR) is 131 cm³/mol. The molecule has 194 valence electrons. The third-order valence-corrected chi connectivity index (χ3v) is 6.68. The second kappa shape index (κ2) is 11.4. The van der Waals surface area contributed by atoms with Crippen LogP contribution in [0.1, 0.15) is 29.0 Å². The van der Waals surface area contributed by atoms with Crippen LogP contribution in [0, 0.1) is 12.8 Å². The van der Waals surface area contributed by atoms with Crippen LogP contribution in [-0.4, -0.2) is 97.6 Å². The van der Waals surface area contributed by atoms with Crippen LogP contribution in [0.4, 0.5) is 5.82 Å². The molecule has 36 heavy (non-hydrogen) atoms. The number of anilines is 1. The zero-order valence-electron chi connectivity index (χ0n) is 21.0. The van der Waals surface area contributed by atoms with Crippen LogP contribution in [0.25, 0.3) is 0 Å². The van der Waals surface area contributed by atoms with Gasteiger partial charge in [-0.05, 0) is 31.9 Å².